The maximum absolute atomic E-state index is 12.8. The van der Waals surface area contributed by atoms with Gasteiger partial charge in [-0.2, -0.15) is 0 Å². The number of hydrogen-bond donors (Lipinski definition) is 0. The average Bonchev–Trinajstić information content (AvgIpc) is 3.48. The summed E-state index contributed by atoms with van der Waals surface area (Å²) < 4.78 is 0. The van der Waals surface area contributed by atoms with E-state index in [1.807, 2.05) is 170 Å². The van der Waals surface area contributed by atoms with E-state index in [2.05, 4.69) is 124 Å². The first-order valence-corrected chi connectivity index (χ1v) is 25.3. The number of carbonyl (C=O) groups excluding carboxylic acids is 1. The zero-order chi connectivity index (χ0) is 52.9. The number of carbonyl (C=O) groups is 1. The average molecular weight is 1180 g/mol. The molecule has 378 valence electrons. The van der Waals surface area contributed by atoms with Crippen LogP contribution in [0.2, 0.25) is 0 Å². The zero-order valence-corrected chi connectivity index (χ0v) is 46.3. The van der Waals surface area contributed by atoms with Crippen molar-refractivity contribution in [3.8, 4) is 79.1 Å². The van der Waals surface area contributed by atoms with Crippen LogP contribution in [0.1, 0.15) is 68.6 Å². The minimum absolute atomic E-state index is 0. The molecule has 0 saturated carbocycles. The molecule has 11 aromatic rings. The number of rotatable bonds is 9. The van der Waals surface area contributed by atoms with Crippen molar-refractivity contribution in [3.05, 3.63) is 277 Å². The number of hydrogen-bond acceptors (Lipinski definition) is 7. The predicted octanol–water partition coefficient (Wildman–Crippen LogP) is 16.3. The van der Waals surface area contributed by atoms with E-state index in [9.17, 15) is 4.79 Å². The Morgan fingerprint density at radius 2 is 0.779 bits per heavy atom. The van der Waals surface area contributed by atoms with Crippen LogP contribution in [0.5, 0.6) is 0 Å². The normalized spacial score (nSPS) is 10.9. The fourth-order valence-corrected chi connectivity index (χ4v) is 8.17. The van der Waals surface area contributed by atoms with E-state index in [1.165, 1.54) is 11.1 Å². The molecule has 11 rings (SSSR count). The molecule has 0 N–H and O–H groups in total. The Bertz CT molecular complexity index is 3360. The molecule has 0 fully saturated rings. The van der Waals surface area contributed by atoms with Gasteiger partial charge in [-0.15, -0.1) is 102 Å². The van der Waals surface area contributed by atoms with Crippen molar-refractivity contribution < 1.29 is 24.9 Å². The Balaban J connectivity index is 0.000000254. The third-order valence-electron chi connectivity index (χ3n) is 12.6. The summed E-state index contributed by atoms with van der Waals surface area (Å²) in [6.07, 6.45) is 5.39. The Labute approximate surface area is 466 Å². The SMILES string of the molecule is CC(C)(C)c1ccc(-c2nc(-c3ccc(C(C)(C)C)cc3)nc(-c3ccc(-c4[c-]cc(-c5ccc(C(=O)c6ccccc6)cc5)cc4)nc3)n2)cc1.[Ir+3].[c-]1ccccc1-c1ccccn1.[c-]1ccccc1-c1ccccn1. The summed E-state index contributed by atoms with van der Waals surface area (Å²) >= 11 is 0. The van der Waals surface area contributed by atoms with Crippen LogP contribution in [-0.2, 0) is 30.9 Å². The van der Waals surface area contributed by atoms with Crippen LogP contribution in [0.4, 0.5) is 0 Å². The van der Waals surface area contributed by atoms with E-state index in [0.717, 1.165) is 61.6 Å². The van der Waals surface area contributed by atoms with Crippen molar-refractivity contribution >= 4 is 5.78 Å². The van der Waals surface area contributed by atoms with E-state index in [0.29, 0.717) is 28.6 Å². The van der Waals surface area contributed by atoms with Gasteiger partial charge in [0.1, 0.15) is 0 Å². The molecule has 8 heteroatoms. The molecule has 7 nitrogen and oxygen atoms in total. The van der Waals surface area contributed by atoms with E-state index in [1.54, 1.807) is 12.4 Å². The van der Waals surface area contributed by atoms with E-state index < -0.39 is 0 Å². The smallest absolute Gasteiger partial charge is 0.305 e. The molecular formula is C69H57IrN6O. The molecule has 0 aliphatic heterocycles. The summed E-state index contributed by atoms with van der Waals surface area (Å²) in [5.74, 6) is 1.81. The molecule has 0 bridgehead atoms. The molecule has 0 radical (unpaired) electrons. The van der Waals surface area contributed by atoms with Gasteiger partial charge in [0.15, 0.2) is 23.3 Å². The molecule has 0 unspecified atom stereocenters. The van der Waals surface area contributed by atoms with Gasteiger partial charge in [-0.05, 0) is 51.2 Å². The number of pyridine rings is 3. The number of aromatic nitrogens is 6. The molecule has 0 spiro atoms. The summed E-state index contributed by atoms with van der Waals surface area (Å²) in [4.78, 5) is 40.9. The van der Waals surface area contributed by atoms with Gasteiger partial charge < -0.3 is 15.0 Å². The first-order chi connectivity index (χ1) is 36.9. The van der Waals surface area contributed by atoms with Crippen LogP contribution in [0.25, 0.3) is 79.1 Å². The third kappa shape index (κ3) is 14.4. The Morgan fingerprint density at radius 3 is 1.19 bits per heavy atom. The minimum Gasteiger partial charge on any atom is -0.305 e. The molecule has 0 atom stereocenters. The molecule has 77 heavy (non-hydrogen) atoms. The molecule has 0 aliphatic carbocycles. The summed E-state index contributed by atoms with van der Waals surface area (Å²) in [6.45, 7) is 13.3. The Morgan fingerprint density at radius 1 is 0.364 bits per heavy atom. The van der Waals surface area contributed by atoms with E-state index >= 15 is 0 Å². The fraction of sp³-hybridized carbons (Fsp3) is 0.116. The van der Waals surface area contributed by atoms with Gasteiger partial charge >= 0.3 is 20.1 Å². The van der Waals surface area contributed by atoms with Gasteiger partial charge in [0.2, 0.25) is 0 Å². The first-order valence-electron chi connectivity index (χ1n) is 25.3. The zero-order valence-electron chi connectivity index (χ0n) is 43.9. The maximum Gasteiger partial charge on any atom is 3.00 e. The van der Waals surface area contributed by atoms with Gasteiger partial charge in [0.05, 0.1) is 0 Å². The third-order valence-corrected chi connectivity index (χ3v) is 12.6. The number of nitrogens with zero attached hydrogens (tertiary/aromatic N) is 6. The largest absolute Gasteiger partial charge is 3.00 e. The Kier molecular flexibility index (Phi) is 17.9. The van der Waals surface area contributed by atoms with Crippen molar-refractivity contribution in [2.24, 2.45) is 0 Å². The van der Waals surface area contributed by atoms with E-state index in [4.69, 9.17) is 19.9 Å². The standard InChI is InChI=1S/C47H41N4O.2C11H8N.Ir/c1-46(2,3)39-25-20-36(21-26-39)43-49-44(37-22-27-40(28-23-37)47(4,5)6)51-45(50-43)38-24-29-41(48-30-38)33-16-12-31(13-17-33)32-14-18-35(19-15-32)42(52)34-10-8-7-9-11-34;2*1-2-6-10(7-3-1)11-8-4-5-9-12-11;/h7-16,18-30H,1-6H3;2*1-6,8-9H;/q3*-1;+3. The molecule has 0 amide bonds. The maximum atomic E-state index is 12.8. The second-order valence-corrected chi connectivity index (χ2v) is 20.1. The van der Waals surface area contributed by atoms with Gasteiger partial charge in [0, 0.05) is 46.4 Å². The molecular weight excluding hydrogens is 1120 g/mol. The molecule has 7 aromatic carbocycles. The van der Waals surface area contributed by atoms with Crippen molar-refractivity contribution in [1.29, 1.82) is 0 Å². The topological polar surface area (TPSA) is 94.4 Å². The summed E-state index contributed by atoms with van der Waals surface area (Å²) in [7, 11) is 0. The summed E-state index contributed by atoms with van der Waals surface area (Å²) in [5, 5.41) is 0. The van der Waals surface area contributed by atoms with Crippen molar-refractivity contribution in [2.75, 3.05) is 0 Å². The number of benzene rings is 7. The van der Waals surface area contributed by atoms with Crippen molar-refractivity contribution in [2.45, 2.75) is 52.4 Å². The second-order valence-electron chi connectivity index (χ2n) is 20.1. The van der Waals surface area contributed by atoms with E-state index in [-0.39, 0.29) is 36.7 Å². The van der Waals surface area contributed by atoms with Crippen LogP contribution in [0, 0.1) is 18.2 Å². The molecule has 4 heterocycles. The first kappa shape index (κ1) is 54.6. The van der Waals surface area contributed by atoms with Gasteiger partial charge in [-0.3, -0.25) is 4.79 Å². The van der Waals surface area contributed by atoms with Crippen LogP contribution in [-0.4, -0.2) is 35.7 Å². The van der Waals surface area contributed by atoms with Crippen LogP contribution in [0.15, 0.2) is 237 Å². The van der Waals surface area contributed by atoms with Crippen LogP contribution < -0.4 is 0 Å². The fourth-order valence-electron chi connectivity index (χ4n) is 8.17. The second kappa shape index (κ2) is 25.2. The van der Waals surface area contributed by atoms with Crippen LogP contribution in [0.3, 0.4) is 0 Å². The molecule has 0 aliphatic rings. The quantitative estimate of drug-likeness (QED) is 0.105. The Hall–Kier alpha value is -8.68. The minimum atomic E-state index is 0. The summed E-state index contributed by atoms with van der Waals surface area (Å²) in [5.41, 5.74) is 14.3. The number of ketones is 1. The predicted molar refractivity (Wildman–Crippen MR) is 308 cm³/mol. The van der Waals surface area contributed by atoms with Gasteiger partial charge in [-0.25, -0.2) is 15.0 Å². The van der Waals surface area contributed by atoms with Gasteiger partial charge in [-0.1, -0.05) is 192 Å². The van der Waals surface area contributed by atoms with Gasteiger partial charge in [0.25, 0.3) is 0 Å². The molecule has 0 saturated heterocycles. The van der Waals surface area contributed by atoms with Crippen molar-refractivity contribution in [1.82, 2.24) is 29.9 Å². The monoisotopic (exact) mass is 1180 g/mol. The van der Waals surface area contributed by atoms with Crippen molar-refractivity contribution in [3.63, 3.8) is 0 Å². The van der Waals surface area contributed by atoms with Crippen LogP contribution >= 0.6 is 0 Å². The summed E-state index contributed by atoms with van der Waals surface area (Å²) in [6, 6.07) is 81.0. The molecule has 4 aromatic heterocycles.